The number of hydrogen-bond acceptors (Lipinski definition) is 3. The molecular weight excluding hydrogens is 313 g/mol. The predicted octanol–water partition coefficient (Wildman–Crippen LogP) is 1.64. The molecule has 0 saturated carbocycles. The van der Waals surface area contributed by atoms with E-state index in [0.717, 1.165) is 6.07 Å². The van der Waals surface area contributed by atoms with Crippen LogP contribution in [0.15, 0.2) is 27.6 Å². The SMILES string of the molecule is CCC(CO)NS(=O)(=O)c1c(F)cccc1Br. The zero-order valence-electron chi connectivity index (χ0n) is 9.15. The average Bonchev–Trinajstić information content (AvgIpc) is 2.25. The minimum Gasteiger partial charge on any atom is -0.395 e. The molecular formula is C10H13BrFNO3S. The van der Waals surface area contributed by atoms with Gasteiger partial charge >= 0.3 is 0 Å². The van der Waals surface area contributed by atoms with E-state index in [-0.39, 0.29) is 11.1 Å². The molecule has 96 valence electrons. The normalized spacial score (nSPS) is 13.6. The molecule has 0 radical (unpaired) electrons. The number of sulfonamides is 1. The van der Waals surface area contributed by atoms with Gasteiger partial charge in [0, 0.05) is 10.5 Å². The number of halogens is 2. The number of benzene rings is 1. The Kier molecular flexibility index (Phi) is 5.05. The predicted molar refractivity (Wildman–Crippen MR) is 65.6 cm³/mol. The Morgan fingerprint density at radius 1 is 1.53 bits per heavy atom. The molecule has 0 aliphatic carbocycles. The third-order valence-electron chi connectivity index (χ3n) is 2.22. The van der Waals surface area contributed by atoms with E-state index in [4.69, 9.17) is 5.11 Å². The van der Waals surface area contributed by atoms with E-state index in [1.165, 1.54) is 12.1 Å². The second kappa shape index (κ2) is 5.90. The maximum Gasteiger partial charge on any atom is 0.244 e. The molecule has 1 unspecified atom stereocenters. The van der Waals surface area contributed by atoms with Crippen molar-refractivity contribution < 1.29 is 17.9 Å². The van der Waals surface area contributed by atoms with E-state index in [1.807, 2.05) is 0 Å². The number of aliphatic hydroxyl groups is 1. The van der Waals surface area contributed by atoms with Crippen LogP contribution in [0.2, 0.25) is 0 Å². The van der Waals surface area contributed by atoms with Crippen LogP contribution in [-0.2, 0) is 10.0 Å². The molecule has 4 nitrogen and oxygen atoms in total. The van der Waals surface area contributed by atoms with E-state index in [0.29, 0.717) is 6.42 Å². The van der Waals surface area contributed by atoms with Gasteiger partial charge in [-0.15, -0.1) is 0 Å². The van der Waals surface area contributed by atoms with Gasteiger partial charge in [-0.05, 0) is 34.5 Å². The fourth-order valence-corrected chi connectivity index (χ4v) is 3.70. The molecule has 0 heterocycles. The third-order valence-corrected chi connectivity index (χ3v) is 4.74. The monoisotopic (exact) mass is 325 g/mol. The summed E-state index contributed by atoms with van der Waals surface area (Å²) in [7, 11) is -3.98. The van der Waals surface area contributed by atoms with Crippen molar-refractivity contribution in [1.82, 2.24) is 4.72 Å². The fourth-order valence-electron chi connectivity index (χ4n) is 1.27. The lowest BCUT2D eigenvalue weighted by Gasteiger charge is -2.15. The van der Waals surface area contributed by atoms with Crippen molar-refractivity contribution in [3.63, 3.8) is 0 Å². The average molecular weight is 326 g/mol. The summed E-state index contributed by atoms with van der Waals surface area (Å²) in [5, 5.41) is 8.94. The molecule has 0 aromatic heterocycles. The fraction of sp³-hybridized carbons (Fsp3) is 0.400. The molecule has 0 spiro atoms. The molecule has 0 bridgehead atoms. The molecule has 0 saturated heterocycles. The summed E-state index contributed by atoms with van der Waals surface area (Å²) in [4.78, 5) is -0.438. The second-order valence-corrected chi connectivity index (χ2v) is 5.96. The number of nitrogens with one attached hydrogen (secondary N) is 1. The van der Waals surface area contributed by atoms with Gasteiger partial charge in [0.05, 0.1) is 6.61 Å². The van der Waals surface area contributed by atoms with E-state index in [9.17, 15) is 12.8 Å². The van der Waals surface area contributed by atoms with Crippen LogP contribution in [0.1, 0.15) is 13.3 Å². The highest BCUT2D eigenvalue weighted by Gasteiger charge is 2.24. The Balaban J connectivity index is 3.14. The van der Waals surface area contributed by atoms with Crippen LogP contribution in [0.4, 0.5) is 4.39 Å². The number of aliphatic hydroxyl groups excluding tert-OH is 1. The van der Waals surface area contributed by atoms with Gasteiger partial charge in [-0.1, -0.05) is 13.0 Å². The highest BCUT2D eigenvalue weighted by Crippen LogP contribution is 2.24. The Hall–Kier alpha value is -0.500. The molecule has 0 amide bonds. The first-order valence-corrected chi connectivity index (χ1v) is 7.27. The summed E-state index contributed by atoms with van der Waals surface area (Å²) in [6, 6.07) is 3.30. The first kappa shape index (κ1) is 14.6. The van der Waals surface area contributed by atoms with Crippen LogP contribution in [-0.4, -0.2) is 26.2 Å². The quantitative estimate of drug-likeness (QED) is 0.864. The van der Waals surface area contributed by atoms with Gasteiger partial charge in [0.1, 0.15) is 10.7 Å². The lowest BCUT2D eigenvalue weighted by molar-refractivity contribution is 0.253. The van der Waals surface area contributed by atoms with E-state index in [2.05, 4.69) is 20.7 Å². The van der Waals surface area contributed by atoms with Gasteiger partial charge in [-0.25, -0.2) is 17.5 Å². The number of hydrogen-bond donors (Lipinski definition) is 2. The lowest BCUT2D eigenvalue weighted by atomic mass is 10.3. The molecule has 0 fully saturated rings. The van der Waals surface area contributed by atoms with Gasteiger partial charge in [-0.3, -0.25) is 0 Å². The van der Waals surface area contributed by atoms with Crippen LogP contribution in [0, 0.1) is 5.82 Å². The first-order chi connectivity index (χ1) is 7.92. The van der Waals surface area contributed by atoms with Gasteiger partial charge in [0.15, 0.2) is 0 Å². The smallest absolute Gasteiger partial charge is 0.244 e. The maximum absolute atomic E-state index is 13.5. The Labute approximate surface area is 108 Å². The van der Waals surface area contributed by atoms with Gasteiger partial charge < -0.3 is 5.11 Å². The van der Waals surface area contributed by atoms with Crippen LogP contribution in [0.25, 0.3) is 0 Å². The Morgan fingerprint density at radius 2 is 2.18 bits per heavy atom. The zero-order chi connectivity index (χ0) is 13.1. The molecule has 1 aromatic carbocycles. The summed E-state index contributed by atoms with van der Waals surface area (Å²) in [6.07, 6.45) is 0.418. The van der Waals surface area contributed by atoms with Crippen molar-refractivity contribution in [1.29, 1.82) is 0 Å². The first-order valence-electron chi connectivity index (χ1n) is 4.99. The standard InChI is InChI=1S/C10H13BrFNO3S/c1-2-7(6-14)13-17(15,16)10-8(11)4-3-5-9(10)12/h3-5,7,13-14H,2,6H2,1H3. The van der Waals surface area contributed by atoms with Gasteiger partial charge in [0.25, 0.3) is 0 Å². The summed E-state index contributed by atoms with van der Waals surface area (Å²) in [5.41, 5.74) is 0. The van der Waals surface area contributed by atoms with Gasteiger partial charge in [-0.2, -0.15) is 0 Å². The second-order valence-electron chi connectivity index (χ2n) is 3.46. The number of rotatable bonds is 5. The summed E-state index contributed by atoms with van der Waals surface area (Å²) >= 11 is 3.00. The minimum atomic E-state index is -3.98. The Bertz CT molecular complexity index is 468. The lowest BCUT2D eigenvalue weighted by Crippen LogP contribution is -2.37. The molecule has 17 heavy (non-hydrogen) atoms. The molecule has 0 aliphatic rings. The molecule has 7 heteroatoms. The summed E-state index contributed by atoms with van der Waals surface area (Å²) in [5.74, 6) is -0.834. The van der Waals surface area contributed by atoms with Crippen LogP contribution in [0.3, 0.4) is 0 Å². The van der Waals surface area contributed by atoms with Gasteiger partial charge in [0.2, 0.25) is 10.0 Å². The summed E-state index contributed by atoms with van der Waals surface area (Å²) in [6.45, 7) is 1.39. The van der Waals surface area contributed by atoms with Crippen molar-refractivity contribution in [2.75, 3.05) is 6.61 Å². The zero-order valence-corrected chi connectivity index (χ0v) is 11.6. The topological polar surface area (TPSA) is 66.4 Å². The van der Waals surface area contributed by atoms with Crippen molar-refractivity contribution in [3.8, 4) is 0 Å². The van der Waals surface area contributed by atoms with Crippen LogP contribution in [0.5, 0.6) is 0 Å². The Morgan fingerprint density at radius 3 is 2.65 bits per heavy atom. The minimum absolute atomic E-state index is 0.151. The largest absolute Gasteiger partial charge is 0.395 e. The highest BCUT2D eigenvalue weighted by molar-refractivity contribution is 9.10. The van der Waals surface area contributed by atoms with E-state index in [1.54, 1.807) is 6.92 Å². The maximum atomic E-state index is 13.5. The molecule has 1 aromatic rings. The van der Waals surface area contributed by atoms with Crippen molar-refractivity contribution in [2.24, 2.45) is 0 Å². The van der Waals surface area contributed by atoms with Crippen LogP contribution >= 0.6 is 15.9 Å². The third kappa shape index (κ3) is 3.48. The van der Waals surface area contributed by atoms with E-state index < -0.39 is 26.8 Å². The molecule has 2 N–H and O–H groups in total. The van der Waals surface area contributed by atoms with E-state index >= 15 is 0 Å². The molecule has 1 rings (SSSR count). The highest BCUT2D eigenvalue weighted by atomic mass is 79.9. The molecule has 0 aliphatic heterocycles. The van der Waals surface area contributed by atoms with Crippen molar-refractivity contribution in [2.45, 2.75) is 24.3 Å². The summed E-state index contributed by atoms with van der Waals surface area (Å²) < 4.78 is 39.7. The van der Waals surface area contributed by atoms with Crippen molar-refractivity contribution in [3.05, 3.63) is 28.5 Å². The molecule has 1 atom stereocenters. The van der Waals surface area contributed by atoms with Crippen LogP contribution < -0.4 is 4.72 Å². The van der Waals surface area contributed by atoms with Crippen molar-refractivity contribution >= 4 is 26.0 Å².